The number of hydrogen-bond donors (Lipinski definition) is 2. The highest BCUT2D eigenvalue weighted by Crippen LogP contribution is 2.29. The first-order valence-corrected chi connectivity index (χ1v) is 11.1. The van der Waals surface area contributed by atoms with E-state index in [0.29, 0.717) is 28.7 Å². The molecular weight excluding hydrogens is 535 g/mol. The fraction of sp³-hybridized carbons (Fsp3) is 0.227. The van der Waals surface area contributed by atoms with Gasteiger partial charge in [-0.05, 0) is 64.9 Å². The highest BCUT2D eigenvalue weighted by Gasteiger charge is 2.12. The van der Waals surface area contributed by atoms with Crippen molar-refractivity contribution in [1.29, 1.82) is 0 Å². The molecule has 9 heteroatoms. The summed E-state index contributed by atoms with van der Waals surface area (Å²) in [6, 6.07) is 10.5. The van der Waals surface area contributed by atoms with Crippen LogP contribution in [0.5, 0.6) is 17.4 Å². The minimum atomic E-state index is -0.581. The van der Waals surface area contributed by atoms with Gasteiger partial charge in [-0.3, -0.25) is 19.6 Å². The van der Waals surface area contributed by atoms with Crippen LogP contribution in [0.4, 0.5) is 0 Å². The van der Waals surface area contributed by atoms with Crippen molar-refractivity contribution in [2.45, 2.75) is 19.9 Å². The number of nitrogens with one attached hydrogen (secondary N) is 1. The molecule has 0 amide bonds. The average Bonchev–Trinajstić information content (AvgIpc) is 2.75. The zero-order chi connectivity index (χ0) is 22.4. The number of esters is 1. The van der Waals surface area contributed by atoms with Gasteiger partial charge >= 0.3 is 5.97 Å². The molecule has 162 valence electrons. The lowest BCUT2D eigenvalue weighted by atomic mass is 10.1. The van der Waals surface area contributed by atoms with Crippen LogP contribution in [0.25, 0.3) is 10.8 Å². The van der Waals surface area contributed by atoms with Crippen molar-refractivity contribution in [3.8, 4) is 17.4 Å². The Balaban J connectivity index is 1.88. The van der Waals surface area contributed by atoms with Crippen molar-refractivity contribution in [2.24, 2.45) is 4.99 Å². The number of carbonyl (C=O) groups excluding carboxylic acids is 1. The summed E-state index contributed by atoms with van der Waals surface area (Å²) in [4.78, 5) is 30.6. The SMILES string of the molecule is CCCOc1ccc(CN=Cc2c(O)[nH]c(=O)c3ccc(I)cc23)cc1OC(=O)CCl. The summed E-state index contributed by atoms with van der Waals surface area (Å²) in [6.45, 7) is 2.72. The lowest BCUT2D eigenvalue weighted by Crippen LogP contribution is -2.10. The Bertz CT molecular complexity index is 1190. The number of aliphatic imine (C=N–C) groups is 1. The number of rotatable bonds is 8. The van der Waals surface area contributed by atoms with Gasteiger partial charge in [0.15, 0.2) is 11.5 Å². The van der Waals surface area contributed by atoms with E-state index in [4.69, 9.17) is 21.1 Å². The van der Waals surface area contributed by atoms with Gasteiger partial charge in [0.1, 0.15) is 5.88 Å². The van der Waals surface area contributed by atoms with Crippen molar-refractivity contribution in [3.63, 3.8) is 0 Å². The fourth-order valence-electron chi connectivity index (χ4n) is 2.89. The lowest BCUT2D eigenvalue weighted by Gasteiger charge is -2.12. The monoisotopic (exact) mass is 554 g/mol. The highest BCUT2D eigenvalue weighted by atomic mass is 127. The second-order valence-electron chi connectivity index (χ2n) is 6.61. The topological polar surface area (TPSA) is 101 Å². The number of hydrogen-bond acceptors (Lipinski definition) is 6. The molecule has 1 aromatic heterocycles. The Kier molecular flexibility index (Phi) is 7.91. The molecule has 0 radical (unpaired) electrons. The molecule has 0 fully saturated rings. The first-order valence-electron chi connectivity index (χ1n) is 9.49. The Morgan fingerprint density at radius 3 is 2.77 bits per heavy atom. The predicted octanol–water partition coefficient (Wildman–Crippen LogP) is 4.39. The van der Waals surface area contributed by atoms with Crippen LogP contribution in [0, 0.1) is 3.57 Å². The Morgan fingerprint density at radius 1 is 1.23 bits per heavy atom. The molecule has 0 unspecified atom stereocenters. The Labute approximate surface area is 197 Å². The molecule has 0 saturated heterocycles. The highest BCUT2D eigenvalue weighted by molar-refractivity contribution is 14.1. The molecule has 0 aliphatic rings. The molecule has 2 aromatic carbocycles. The van der Waals surface area contributed by atoms with E-state index in [1.165, 1.54) is 6.21 Å². The van der Waals surface area contributed by atoms with Crippen LogP contribution in [-0.2, 0) is 11.3 Å². The van der Waals surface area contributed by atoms with Crippen LogP contribution in [-0.4, -0.2) is 34.8 Å². The molecule has 0 bridgehead atoms. The number of H-pyrrole nitrogens is 1. The lowest BCUT2D eigenvalue weighted by molar-refractivity contribution is -0.131. The number of fused-ring (bicyclic) bond motifs is 1. The number of halogens is 2. The molecule has 0 aliphatic heterocycles. The summed E-state index contributed by atoms with van der Waals surface area (Å²) in [5.41, 5.74) is 0.819. The number of nitrogens with zero attached hydrogens (tertiary/aromatic N) is 1. The van der Waals surface area contributed by atoms with Gasteiger partial charge in [0.25, 0.3) is 5.56 Å². The van der Waals surface area contributed by atoms with Crippen LogP contribution in [0.1, 0.15) is 24.5 Å². The van der Waals surface area contributed by atoms with E-state index in [-0.39, 0.29) is 29.6 Å². The van der Waals surface area contributed by atoms with Crippen LogP contribution >= 0.6 is 34.2 Å². The number of alkyl halides is 1. The molecule has 0 saturated carbocycles. The van der Waals surface area contributed by atoms with Crippen molar-refractivity contribution in [2.75, 3.05) is 12.5 Å². The maximum absolute atomic E-state index is 12.1. The van der Waals surface area contributed by atoms with Crippen molar-refractivity contribution in [1.82, 2.24) is 4.98 Å². The second kappa shape index (κ2) is 10.6. The third-order valence-electron chi connectivity index (χ3n) is 4.30. The molecule has 31 heavy (non-hydrogen) atoms. The molecule has 3 aromatic rings. The Hall–Kier alpha value is -2.59. The number of benzene rings is 2. The van der Waals surface area contributed by atoms with Crippen LogP contribution < -0.4 is 15.0 Å². The van der Waals surface area contributed by atoms with Crippen LogP contribution in [0.3, 0.4) is 0 Å². The van der Waals surface area contributed by atoms with Gasteiger partial charge in [0, 0.05) is 20.6 Å². The third kappa shape index (κ3) is 5.76. The maximum atomic E-state index is 12.1. The zero-order valence-corrected chi connectivity index (χ0v) is 19.6. The Morgan fingerprint density at radius 2 is 2.03 bits per heavy atom. The summed E-state index contributed by atoms with van der Waals surface area (Å²) in [5, 5.41) is 11.3. The van der Waals surface area contributed by atoms with E-state index < -0.39 is 5.97 Å². The minimum Gasteiger partial charge on any atom is -0.494 e. The molecule has 3 rings (SSSR count). The fourth-order valence-corrected chi connectivity index (χ4v) is 3.44. The summed E-state index contributed by atoms with van der Waals surface area (Å²) in [5.74, 6) is -0.371. The van der Waals surface area contributed by atoms with Crippen molar-refractivity contribution < 1.29 is 19.4 Å². The average molecular weight is 555 g/mol. The van der Waals surface area contributed by atoms with Crippen LogP contribution in [0.2, 0.25) is 0 Å². The van der Waals surface area contributed by atoms with Gasteiger partial charge in [0.2, 0.25) is 5.88 Å². The van der Waals surface area contributed by atoms with Gasteiger partial charge in [-0.1, -0.05) is 13.0 Å². The van der Waals surface area contributed by atoms with Gasteiger partial charge in [0.05, 0.1) is 18.7 Å². The first kappa shape index (κ1) is 23.1. The van der Waals surface area contributed by atoms with E-state index in [9.17, 15) is 14.7 Å². The number of aromatic amines is 1. The number of aromatic nitrogens is 1. The first-order chi connectivity index (χ1) is 14.9. The molecular formula is C22H20ClIN2O5. The van der Waals surface area contributed by atoms with Gasteiger partial charge < -0.3 is 14.6 Å². The summed E-state index contributed by atoms with van der Waals surface area (Å²) < 4.78 is 11.8. The molecule has 1 heterocycles. The van der Waals surface area contributed by atoms with E-state index in [1.54, 1.807) is 18.2 Å². The number of aromatic hydroxyl groups is 1. The van der Waals surface area contributed by atoms with Gasteiger partial charge in [-0.25, -0.2) is 0 Å². The van der Waals surface area contributed by atoms with Crippen LogP contribution in [0.15, 0.2) is 46.2 Å². The second-order valence-corrected chi connectivity index (χ2v) is 8.13. The van der Waals surface area contributed by atoms with Crippen molar-refractivity contribution >= 4 is 57.1 Å². The summed E-state index contributed by atoms with van der Waals surface area (Å²) in [7, 11) is 0. The summed E-state index contributed by atoms with van der Waals surface area (Å²) in [6.07, 6.45) is 2.32. The normalized spacial score (nSPS) is 11.2. The van der Waals surface area contributed by atoms with E-state index in [0.717, 1.165) is 15.6 Å². The van der Waals surface area contributed by atoms with E-state index in [1.807, 2.05) is 25.1 Å². The molecule has 0 aliphatic carbocycles. The number of pyridine rings is 1. The molecule has 2 N–H and O–H groups in total. The van der Waals surface area contributed by atoms with Gasteiger partial charge in [-0.2, -0.15) is 0 Å². The quantitative estimate of drug-likeness (QED) is 0.141. The standard InChI is InChI=1S/C22H20ClIN2O5/c1-2-7-30-18-6-3-13(8-19(18)31-20(27)10-23)11-25-12-17-16-9-14(24)4-5-15(16)21(28)26-22(17)29/h3-6,8-9,12H,2,7,10-11H2,1H3,(H2,26,28,29). The number of carbonyl (C=O) groups is 1. The largest absolute Gasteiger partial charge is 0.494 e. The van der Waals surface area contributed by atoms with E-state index >= 15 is 0 Å². The molecule has 0 spiro atoms. The zero-order valence-electron chi connectivity index (χ0n) is 16.7. The maximum Gasteiger partial charge on any atom is 0.326 e. The summed E-state index contributed by atoms with van der Waals surface area (Å²) >= 11 is 7.69. The molecule has 7 nitrogen and oxygen atoms in total. The third-order valence-corrected chi connectivity index (χ3v) is 5.19. The predicted molar refractivity (Wildman–Crippen MR) is 129 cm³/mol. The van der Waals surface area contributed by atoms with Crippen molar-refractivity contribution in [3.05, 3.63) is 61.4 Å². The smallest absolute Gasteiger partial charge is 0.326 e. The minimum absolute atomic E-state index is 0.247. The molecule has 0 atom stereocenters. The van der Waals surface area contributed by atoms with Gasteiger partial charge in [-0.15, -0.1) is 11.6 Å². The van der Waals surface area contributed by atoms with E-state index in [2.05, 4.69) is 32.6 Å². The number of ether oxygens (including phenoxy) is 2.